The van der Waals surface area contributed by atoms with Crippen molar-refractivity contribution in [2.24, 2.45) is 28.6 Å². The minimum absolute atomic E-state index is 0.00191. The van der Waals surface area contributed by atoms with Crippen LogP contribution < -0.4 is 0 Å². The molecule has 8 heteroatoms. The average molecular weight is 487 g/mol. The highest BCUT2D eigenvalue weighted by molar-refractivity contribution is 6.02. The van der Waals surface area contributed by atoms with Gasteiger partial charge in [0.1, 0.15) is 5.78 Å². The lowest BCUT2D eigenvalue weighted by atomic mass is 9.46. The molecule has 0 N–H and O–H groups in total. The summed E-state index contributed by atoms with van der Waals surface area (Å²) >= 11 is 0. The Labute approximate surface area is 205 Å². The second-order valence-corrected chi connectivity index (χ2v) is 10.6. The number of hydrogen-bond donors (Lipinski definition) is 0. The third-order valence-corrected chi connectivity index (χ3v) is 9.00. The van der Waals surface area contributed by atoms with E-state index in [0.717, 1.165) is 5.57 Å². The standard InChI is InChI=1S/C27H34O8/c1-5-22(31)34-15-21(30)27(35-24(32)33-6-2)12-10-19-18-8-7-16-13-17(28)9-11-25(16,3)23(18)20(29)14-26(19,27)4/h9,11,13,18-19,23H,5-8,10,12,14-15H2,1-4H3/t18-,19-,23?,25-,26-,27-/m0/s1. The third kappa shape index (κ3) is 3.85. The van der Waals surface area contributed by atoms with Crippen LogP contribution >= 0.6 is 0 Å². The fourth-order valence-electron chi connectivity index (χ4n) is 7.35. The zero-order chi connectivity index (χ0) is 25.6. The predicted octanol–water partition coefficient (Wildman–Crippen LogP) is 3.91. The maximum absolute atomic E-state index is 13.8. The van der Waals surface area contributed by atoms with Gasteiger partial charge in [-0.25, -0.2) is 4.79 Å². The summed E-state index contributed by atoms with van der Waals surface area (Å²) < 4.78 is 15.9. The fourth-order valence-corrected chi connectivity index (χ4v) is 7.35. The lowest BCUT2D eigenvalue weighted by molar-refractivity contribution is -0.176. The molecule has 4 rings (SSSR count). The summed E-state index contributed by atoms with van der Waals surface area (Å²) in [6.07, 6.45) is 6.52. The highest BCUT2D eigenvalue weighted by Crippen LogP contribution is 2.67. The molecular formula is C27H34O8. The van der Waals surface area contributed by atoms with Crippen LogP contribution in [0, 0.1) is 28.6 Å². The van der Waals surface area contributed by atoms with E-state index in [2.05, 4.69) is 0 Å². The summed E-state index contributed by atoms with van der Waals surface area (Å²) in [7, 11) is 0. The molecule has 4 aliphatic rings. The van der Waals surface area contributed by atoms with E-state index in [1.165, 1.54) is 0 Å². The monoisotopic (exact) mass is 486 g/mol. The number of rotatable bonds is 6. The second kappa shape index (κ2) is 9.03. The molecule has 0 radical (unpaired) electrons. The van der Waals surface area contributed by atoms with Crippen molar-refractivity contribution in [1.29, 1.82) is 0 Å². The van der Waals surface area contributed by atoms with Crippen LogP contribution in [0.2, 0.25) is 0 Å². The van der Waals surface area contributed by atoms with Crippen LogP contribution in [0.1, 0.15) is 66.2 Å². The highest BCUT2D eigenvalue weighted by atomic mass is 16.7. The van der Waals surface area contributed by atoms with Crippen LogP contribution in [0.5, 0.6) is 0 Å². The van der Waals surface area contributed by atoms with Crippen LogP contribution in [0.4, 0.5) is 4.79 Å². The Bertz CT molecular complexity index is 1020. The molecule has 0 aromatic carbocycles. The minimum atomic E-state index is -1.62. The Morgan fingerprint density at radius 1 is 1.09 bits per heavy atom. The molecule has 3 fully saturated rings. The van der Waals surface area contributed by atoms with Gasteiger partial charge in [0.25, 0.3) is 0 Å². The molecule has 0 spiro atoms. The van der Waals surface area contributed by atoms with Crippen LogP contribution in [0.15, 0.2) is 23.8 Å². The summed E-state index contributed by atoms with van der Waals surface area (Å²) in [5.74, 6) is -1.50. The number of esters is 1. The van der Waals surface area contributed by atoms with Crippen molar-refractivity contribution in [3.63, 3.8) is 0 Å². The summed E-state index contributed by atoms with van der Waals surface area (Å²) in [5, 5.41) is 0. The Balaban J connectivity index is 1.71. The molecule has 6 atom stereocenters. The highest BCUT2D eigenvalue weighted by Gasteiger charge is 2.70. The summed E-state index contributed by atoms with van der Waals surface area (Å²) in [6, 6.07) is 0. The van der Waals surface area contributed by atoms with Crippen molar-refractivity contribution in [3.05, 3.63) is 23.8 Å². The van der Waals surface area contributed by atoms with Crippen molar-refractivity contribution >= 4 is 29.5 Å². The summed E-state index contributed by atoms with van der Waals surface area (Å²) in [6.45, 7) is 6.70. The predicted molar refractivity (Wildman–Crippen MR) is 124 cm³/mol. The second-order valence-electron chi connectivity index (χ2n) is 10.6. The number of allylic oxidation sites excluding steroid dienone is 4. The first kappa shape index (κ1) is 25.3. The number of ether oxygens (including phenoxy) is 3. The minimum Gasteiger partial charge on any atom is -0.457 e. The van der Waals surface area contributed by atoms with Gasteiger partial charge in [0, 0.05) is 29.6 Å². The number of Topliss-reactive ketones (excluding diaryl/α,β-unsaturated/α-hetero) is 2. The third-order valence-electron chi connectivity index (χ3n) is 9.00. The maximum atomic E-state index is 13.8. The zero-order valence-electron chi connectivity index (χ0n) is 20.9. The van der Waals surface area contributed by atoms with Gasteiger partial charge in [0.2, 0.25) is 5.78 Å². The lowest BCUT2D eigenvalue weighted by Gasteiger charge is -2.57. The molecule has 190 valence electrons. The maximum Gasteiger partial charge on any atom is 0.509 e. The number of ketones is 3. The molecule has 0 aromatic heterocycles. The van der Waals surface area contributed by atoms with E-state index in [9.17, 15) is 24.0 Å². The van der Waals surface area contributed by atoms with Crippen molar-refractivity contribution in [2.45, 2.75) is 71.8 Å². The van der Waals surface area contributed by atoms with Gasteiger partial charge in [-0.3, -0.25) is 19.2 Å². The molecule has 0 heterocycles. The van der Waals surface area contributed by atoms with Gasteiger partial charge in [-0.05, 0) is 56.6 Å². The molecular weight excluding hydrogens is 452 g/mol. The van der Waals surface area contributed by atoms with E-state index in [4.69, 9.17) is 14.2 Å². The van der Waals surface area contributed by atoms with E-state index >= 15 is 0 Å². The first-order chi connectivity index (χ1) is 16.5. The number of carbonyl (C=O) groups is 5. The quantitative estimate of drug-likeness (QED) is 0.520. The van der Waals surface area contributed by atoms with Gasteiger partial charge in [-0.2, -0.15) is 0 Å². The Morgan fingerprint density at radius 3 is 2.51 bits per heavy atom. The van der Waals surface area contributed by atoms with Crippen LogP contribution in [0.3, 0.4) is 0 Å². The summed E-state index contributed by atoms with van der Waals surface area (Å²) in [4.78, 5) is 63.7. The van der Waals surface area contributed by atoms with E-state index in [0.29, 0.717) is 19.3 Å². The largest absolute Gasteiger partial charge is 0.509 e. The van der Waals surface area contributed by atoms with Crippen molar-refractivity contribution < 1.29 is 38.2 Å². The van der Waals surface area contributed by atoms with Gasteiger partial charge in [-0.15, -0.1) is 0 Å². The molecule has 0 saturated heterocycles. The van der Waals surface area contributed by atoms with Gasteiger partial charge < -0.3 is 14.2 Å². The van der Waals surface area contributed by atoms with E-state index in [-0.39, 0.29) is 55.2 Å². The number of carbonyl (C=O) groups excluding carboxylic acids is 5. The molecule has 8 nitrogen and oxygen atoms in total. The molecule has 0 bridgehead atoms. The molecule has 0 aliphatic heterocycles. The van der Waals surface area contributed by atoms with Crippen molar-refractivity contribution in [3.8, 4) is 0 Å². The molecule has 1 unspecified atom stereocenters. The van der Waals surface area contributed by atoms with Crippen LogP contribution in [0.25, 0.3) is 0 Å². The van der Waals surface area contributed by atoms with Crippen LogP contribution in [-0.4, -0.2) is 48.3 Å². The summed E-state index contributed by atoms with van der Waals surface area (Å²) in [5.41, 5.74) is -2.13. The van der Waals surface area contributed by atoms with Gasteiger partial charge in [0.05, 0.1) is 6.61 Å². The Hall–Kier alpha value is -2.77. The zero-order valence-corrected chi connectivity index (χ0v) is 20.9. The Kier molecular flexibility index (Phi) is 6.53. The molecule has 3 saturated carbocycles. The van der Waals surface area contributed by atoms with Gasteiger partial charge in [0.15, 0.2) is 18.0 Å². The van der Waals surface area contributed by atoms with E-state index in [1.54, 1.807) is 26.0 Å². The molecule has 35 heavy (non-hydrogen) atoms. The number of hydrogen-bond acceptors (Lipinski definition) is 8. The smallest absolute Gasteiger partial charge is 0.457 e. The first-order valence-electron chi connectivity index (χ1n) is 12.5. The van der Waals surface area contributed by atoms with E-state index < -0.39 is 40.9 Å². The molecule has 4 aliphatic carbocycles. The topological polar surface area (TPSA) is 113 Å². The average Bonchev–Trinajstić information content (AvgIpc) is 3.09. The van der Waals surface area contributed by atoms with Gasteiger partial charge in [-0.1, -0.05) is 32.4 Å². The lowest BCUT2D eigenvalue weighted by Crippen LogP contribution is -2.62. The fraction of sp³-hybridized carbons (Fsp3) is 0.667. The molecule has 0 amide bonds. The van der Waals surface area contributed by atoms with Crippen molar-refractivity contribution in [1.82, 2.24) is 0 Å². The first-order valence-corrected chi connectivity index (χ1v) is 12.5. The van der Waals surface area contributed by atoms with Crippen molar-refractivity contribution in [2.75, 3.05) is 13.2 Å². The van der Waals surface area contributed by atoms with E-state index in [1.807, 2.05) is 19.9 Å². The SMILES string of the molecule is CCOC(=O)O[C@]1(C(=O)COC(=O)CC)CC[C@H]2[C@@H]3CCC4=CC(=O)C=C[C@]4(C)C3C(=O)C[C@@]21C. The normalized spacial score (nSPS) is 37.5. The van der Waals surface area contributed by atoms with Gasteiger partial charge >= 0.3 is 12.1 Å². The van der Waals surface area contributed by atoms with Crippen LogP contribution in [-0.2, 0) is 33.4 Å². The Morgan fingerprint density at radius 2 is 1.83 bits per heavy atom. The number of fused-ring (bicyclic) bond motifs is 5. The molecule has 0 aromatic rings.